The molecule has 0 bridgehead atoms. The second kappa shape index (κ2) is 4.45. The molecule has 15 heavy (non-hydrogen) atoms. The lowest BCUT2D eigenvalue weighted by Gasteiger charge is -2.13. The maximum atomic E-state index is 4.11. The Hall–Kier alpha value is -1.35. The van der Waals surface area contributed by atoms with Crippen LogP contribution in [0.5, 0.6) is 0 Å². The van der Waals surface area contributed by atoms with Crippen LogP contribution < -0.4 is 4.90 Å². The minimum absolute atomic E-state index is 0.979. The van der Waals surface area contributed by atoms with E-state index in [1.54, 1.807) is 11.5 Å². The number of hydrogen-bond donors (Lipinski definition) is 0. The summed E-state index contributed by atoms with van der Waals surface area (Å²) in [6, 6.07) is 10.7. The average molecular weight is 218 g/mol. The molecule has 0 fully saturated rings. The quantitative estimate of drug-likeness (QED) is 0.787. The van der Waals surface area contributed by atoms with Crippen LogP contribution in [0.25, 0.3) is 0 Å². The fraction of sp³-hybridized carbons (Fsp3) is 0.250. The van der Waals surface area contributed by atoms with Crippen molar-refractivity contribution in [3.05, 3.63) is 47.0 Å². The Morgan fingerprint density at radius 3 is 2.80 bits per heavy atom. The molecule has 0 aliphatic carbocycles. The minimum Gasteiger partial charge on any atom is -0.378 e. The van der Waals surface area contributed by atoms with Gasteiger partial charge in [0.05, 0.1) is 0 Å². The highest BCUT2D eigenvalue weighted by Gasteiger charge is 2.00. The Morgan fingerprint density at radius 2 is 2.13 bits per heavy atom. The van der Waals surface area contributed by atoms with Crippen LogP contribution in [-0.4, -0.2) is 18.5 Å². The van der Waals surface area contributed by atoms with E-state index in [-0.39, 0.29) is 0 Å². The van der Waals surface area contributed by atoms with Gasteiger partial charge >= 0.3 is 0 Å². The summed E-state index contributed by atoms with van der Waals surface area (Å²) in [6.45, 7) is 0. The summed E-state index contributed by atoms with van der Waals surface area (Å²) in [5, 5.41) is 0. The number of anilines is 1. The fourth-order valence-electron chi connectivity index (χ4n) is 1.48. The number of hydrogen-bond acceptors (Lipinski definition) is 3. The second-order valence-corrected chi connectivity index (χ2v) is 4.64. The zero-order valence-corrected chi connectivity index (χ0v) is 9.79. The third kappa shape index (κ3) is 2.57. The molecule has 0 saturated carbocycles. The lowest BCUT2D eigenvalue weighted by Crippen LogP contribution is -2.08. The lowest BCUT2D eigenvalue weighted by atomic mass is 10.1. The van der Waals surface area contributed by atoms with Gasteiger partial charge in [-0.25, -0.2) is 4.37 Å². The van der Waals surface area contributed by atoms with Gasteiger partial charge in [0.15, 0.2) is 0 Å². The van der Waals surface area contributed by atoms with E-state index >= 15 is 0 Å². The number of rotatable bonds is 3. The second-order valence-electron chi connectivity index (χ2n) is 3.72. The van der Waals surface area contributed by atoms with E-state index in [2.05, 4.69) is 53.7 Å². The van der Waals surface area contributed by atoms with Gasteiger partial charge in [0.1, 0.15) is 0 Å². The Morgan fingerprint density at radius 1 is 1.27 bits per heavy atom. The molecule has 0 N–H and O–H groups in total. The van der Waals surface area contributed by atoms with Gasteiger partial charge in [0.2, 0.25) is 0 Å². The average Bonchev–Trinajstić information content (AvgIpc) is 2.71. The third-order valence-corrected chi connectivity index (χ3v) is 3.04. The normalized spacial score (nSPS) is 10.3. The first kappa shape index (κ1) is 10.2. The molecule has 0 spiro atoms. The van der Waals surface area contributed by atoms with Crippen LogP contribution in [0.3, 0.4) is 0 Å². The first-order valence-corrected chi connectivity index (χ1v) is 5.69. The maximum Gasteiger partial charge on any atom is 0.0409 e. The number of nitrogens with zero attached hydrogens (tertiary/aromatic N) is 2. The zero-order valence-electron chi connectivity index (χ0n) is 8.97. The summed E-state index contributed by atoms with van der Waals surface area (Å²) in [4.78, 5) is 3.43. The van der Waals surface area contributed by atoms with E-state index in [0.29, 0.717) is 0 Å². The zero-order chi connectivity index (χ0) is 10.7. The molecule has 2 nitrogen and oxygen atoms in total. The lowest BCUT2D eigenvalue weighted by molar-refractivity contribution is 1.12. The monoisotopic (exact) mass is 218 g/mol. The first-order chi connectivity index (χ1) is 7.25. The molecule has 1 aromatic heterocycles. The summed E-state index contributed by atoms with van der Waals surface area (Å²) < 4.78 is 4.11. The van der Waals surface area contributed by atoms with Gasteiger partial charge in [-0.2, -0.15) is 0 Å². The topological polar surface area (TPSA) is 16.1 Å². The van der Waals surface area contributed by atoms with Gasteiger partial charge in [-0.05, 0) is 35.3 Å². The highest BCUT2D eigenvalue weighted by Crippen LogP contribution is 2.17. The molecule has 1 heterocycles. The van der Waals surface area contributed by atoms with E-state index < -0.39 is 0 Å². The molecule has 0 atom stereocenters. The summed E-state index contributed by atoms with van der Waals surface area (Å²) in [7, 11) is 4.12. The van der Waals surface area contributed by atoms with E-state index in [9.17, 15) is 0 Å². The van der Waals surface area contributed by atoms with Crippen LogP contribution in [0.4, 0.5) is 5.69 Å². The molecule has 0 saturated heterocycles. The predicted octanol–water partition coefficient (Wildman–Crippen LogP) is 2.80. The maximum absolute atomic E-state index is 4.11. The van der Waals surface area contributed by atoms with E-state index in [1.807, 2.05) is 6.20 Å². The SMILES string of the molecule is CN(C)c1cccc(Cc2ccns2)c1. The highest BCUT2D eigenvalue weighted by atomic mass is 32.1. The van der Waals surface area contributed by atoms with Crippen LogP contribution in [0.1, 0.15) is 10.4 Å². The molecular weight excluding hydrogens is 204 g/mol. The Balaban J connectivity index is 2.18. The van der Waals surface area contributed by atoms with Crippen molar-refractivity contribution in [3.8, 4) is 0 Å². The summed E-state index contributed by atoms with van der Waals surface area (Å²) in [5.74, 6) is 0. The Kier molecular flexibility index (Phi) is 3.02. The Bertz CT molecular complexity index is 421. The standard InChI is InChI=1S/C12H14N2S/c1-14(2)11-5-3-4-10(8-11)9-12-6-7-13-15-12/h3-8H,9H2,1-2H3. The van der Waals surface area contributed by atoms with Crippen LogP contribution in [-0.2, 0) is 6.42 Å². The molecule has 0 amide bonds. The minimum atomic E-state index is 0.979. The summed E-state index contributed by atoms with van der Waals surface area (Å²) in [5.41, 5.74) is 2.59. The van der Waals surface area contributed by atoms with Gasteiger partial charge < -0.3 is 4.90 Å². The van der Waals surface area contributed by atoms with Crippen LogP contribution >= 0.6 is 11.5 Å². The van der Waals surface area contributed by atoms with Gasteiger partial charge in [0.25, 0.3) is 0 Å². The van der Waals surface area contributed by atoms with Crippen molar-refractivity contribution < 1.29 is 0 Å². The van der Waals surface area contributed by atoms with E-state index in [1.165, 1.54) is 16.1 Å². The largest absolute Gasteiger partial charge is 0.378 e. The van der Waals surface area contributed by atoms with Crippen molar-refractivity contribution in [2.45, 2.75) is 6.42 Å². The van der Waals surface area contributed by atoms with Crippen LogP contribution in [0.15, 0.2) is 36.5 Å². The highest BCUT2D eigenvalue weighted by molar-refractivity contribution is 7.05. The molecule has 0 radical (unpaired) electrons. The van der Waals surface area contributed by atoms with Crippen molar-refractivity contribution in [1.29, 1.82) is 0 Å². The molecule has 0 unspecified atom stereocenters. The van der Waals surface area contributed by atoms with Gasteiger partial charge in [0, 0.05) is 37.3 Å². The molecule has 3 heteroatoms. The van der Waals surface area contributed by atoms with Crippen molar-refractivity contribution in [2.24, 2.45) is 0 Å². The number of aromatic nitrogens is 1. The van der Waals surface area contributed by atoms with Gasteiger partial charge in [-0.15, -0.1) is 0 Å². The molecule has 0 aliphatic heterocycles. The molecular formula is C12H14N2S. The molecule has 0 aliphatic rings. The van der Waals surface area contributed by atoms with Crippen molar-refractivity contribution in [2.75, 3.05) is 19.0 Å². The number of benzene rings is 1. The molecule has 2 rings (SSSR count). The summed E-state index contributed by atoms with van der Waals surface area (Å²) >= 11 is 1.57. The third-order valence-electron chi connectivity index (χ3n) is 2.30. The van der Waals surface area contributed by atoms with Crippen molar-refractivity contribution in [1.82, 2.24) is 4.37 Å². The van der Waals surface area contributed by atoms with E-state index in [4.69, 9.17) is 0 Å². The van der Waals surface area contributed by atoms with Crippen LogP contribution in [0.2, 0.25) is 0 Å². The predicted molar refractivity (Wildman–Crippen MR) is 65.7 cm³/mol. The molecule has 1 aromatic carbocycles. The van der Waals surface area contributed by atoms with E-state index in [0.717, 1.165) is 6.42 Å². The fourth-order valence-corrected chi connectivity index (χ4v) is 2.09. The molecule has 78 valence electrons. The Labute approximate surface area is 94.3 Å². The van der Waals surface area contributed by atoms with Crippen molar-refractivity contribution in [3.63, 3.8) is 0 Å². The first-order valence-electron chi connectivity index (χ1n) is 4.91. The van der Waals surface area contributed by atoms with Crippen molar-refractivity contribution >= 4 is 17.2 Å². The smallest absolute Gasteiger partial charge is 0.0409 e. The summed E-state index contributed by atoms with van der Waals surface area (Å²) in [6.07, 6.45) is 2.84. The molecule has 2 aromatic rings. The van der Waals surface area contributed by atoms with Gasteiger partial charge in [-0.1, -0.05) is 12.1 Å². The van der Waals surface area contributed by atoms with Gasteiger partial charge in [-0.3, -0.25) is 0 Å². The van der Waals surface area contributed by atoms with Crippen LogP contribution in [0, 0.1) is 0 Å².